The molecule has 4 heteroatoms. The second kappa shape index (κ2) is 5.08. The zero-order valence-electron chi connectivity index (χ0n) is 12.0. The number of fused-ring (bicyclic) bond motifs is 2. The van der Waals surface area contributed by atoms with Crippen LogP contribution >= 0.6 is 0 Å². The normalized spacial score (nSPS) is 29.5. The SMILES string of the molecule is Cc1cnc(N2C[C@H]3CC[C@H]2[C@H]3OCC(C)C)nc1. The number of hydrogen-bond acceptors (Lipinski definition) is 4. The summed E-state index contributed by atoms with van der Waals surface area (Å²) >= 11 is 0. The van der Waals surface area contributed by atoms with E-state index in [-0.39, 0.29) is 0 Å². The highest BCUT2D eigenvalue weighted by Crippen LogP contribution is 2.41. The first-order valence-electron chi connectivity index (χ1n) is 7.32. The zero-order chi connectivity index (χ0) is 13.4. The van der Waals surface area contributed by atoms with E-state index in [1.165, 1.54) is 12.8 Å². The molecular formula is C15H23N3O. The first kappa shape index (κ1) is 12.9. The Hall–Kier alpha value is -1.16. The predicted molar refractivity (Wildman–Crippen MR) is 75.2 cm³/mol. The third kappa shape index (κ3) is 2.46. The molecule has 0 aromatic carbocycles. The molecule has 104 valence electrons. The summed E-state index contributed by atoms with van der Waals surface area (Å²) in [5.74, 6) is 2.13. The molecule has 2 bridgehead atoms. The van der Waals surface area contributed by atoms with Gasteiger partial charge in [-0.2, -0.15) is 0 Å². The van der Waals surface area contributed by atoms with E-state index < -0.39 is 0 Å². The van der Waals surface area contributed by atoms with Gasteiger partial charge in [-0.25, -0.2) is 9.97 Å². The van der Waals surface area contributed by atoms with Crippen molar-refractivity contribution in [3.63, 3.8) is 0 Å². The molecule has 0 radical (unpaired) electrons. The minimum Gasteiger partial charge on any atom is -0.375 e. The zero-order valence-corrected chi connectivity index (χ0v) is 12.0. The molecule has 1 aromatic heterocycles. The van der Waals surface area contributed by atoms with Gasteiger partial charge in [-0.3, -0.25) is 0 Å². The Labute approximate surface area is 115 Å². The third-order valence-electron chi connectivity index (χ3n) is 4.15. The van der Waals surface area contributed by atoms with Crippen molar-refractivity contribution < 1.29 is 4.74 Å². The average molecular weight is 261 g/mol. The van der Waals surface area contributed by atoms with Crippen LogP contribution in [-0.4, -0.2) is 35.3 Å². The molecule has 1 aliphatic carbocycles. The largest absolute Gasteiger partial charge is 0.375 e. The third-order valence-corrected chi connectivity index (χ3v) is 4.15. The van der Waals surface area contributed by atoms with E-state index >= 15 is 0 Å². The van der Waals surface area contributed by atoms with Gasteiger partial charge in [0.05, 0.1) is 12.1 Å². The summed E-state index contributed by atoms with van der Waals surface area (Å²) in [7, 11) is 0. The van der Waals surface area contributed by atoms with Crippen LogP contribution in [0.1, 0.15) is 32.3 Å². The van der Waals surface area contributed by atoms with Gasteiger partial charge in [0, 0.05) is 31.5 Å². The second-order valence-electron chi connectivity index (χ2n) is 6.31. The summed E-state index contributed by atoms with van der Waals surface area (Å²) < 4.78 is 6.13. The lowest BCUT2D eigenvalue weighted by atomic mass is 10.1. The van der Waals surface area contributed by atoms with Gasteiger partial charge < -0.3 is 9.64 Å². The molecule has 4 nitrogen and oxygen atoms in total. The van der Waals surface area contributed by atoms with Crippen molar-refractivity contribution >= 4 is 5.95 Å². The van der Waals surface area contributed by atoms with Crippen LogP contribution in [0.5, 0.6) is 0 Å². The molecule has 0 unspecified atom stereocenters. The fraction of sp³-hybridized carbons (Fsp3) is 0.733. The lowest BCUT2D eigenvalue weighted by Crippen LogP contribution is -2.36. The van der Waals surface area contributed by atoms with Crippen molar-refractivity contribution in [1.82, 2.24) is 9.97 Å². The van der Waals surface area contributed by atoms with Crippen molar-refractivity contribution in [2.45, 2.75) is 45.8 Å². The molecule has 0 amide bonds. The number of aryl methyl sites for hydroxylation is 1. The van der Waals surface area contributed by atoms with E-state index in [9.17, 15) is 0 Å². The summed E-state index contributed by atoms with van der Waals surface area (Å²) in [6, 6.07) is 0.478. The van der Waals surface area contributed by atoms with Crippen molar-refractivity contribution in [2.75, 3.05) is 18.1 Å². The summed E-state index contributed by atoms with van der Waals surface area (Å²) in [5.41, 5.74) is 1.11. The Balaban J connectivity index is 1.71. The van der Waals surface area contributed by atoms with Crippen molar-refractivity contribution in [2.24, 2.45) is 11.8 Å². The molecule has 1 saturated heterocycles. The monoisotopic (exact) mass is 261 g/mol. The highest BCUT2D eigenvalue weighted by molar-refractivity contribution is 5.37. The molecular weight excluding hydrogens is 238 g/mol. The molecule has 0 spiro atoms. The van der Waals surface area contributed by atoms with Crippen LogP contribution in [0, 0.1) is 18.8 Å². The van der Waals surface area contributed by atoms with Crippen LogP contribution in [0.2, 0.25) is 0 Å². The molecule has 3 atom stereocenters. The quantitative estimate of drug-likeness (QED) is 0.834. The van der Waals surface area contributed by atoms with Crippen LogP contribution in [0.4, 0.5) is 5.95 Å². The molecule has 2 heterocycles. The Morgan fingerprint density at radius 3 is 2.74 bits per heavy atom. The van der Waals surface area contributed by atoms with E-state index in [0.717, 1.165) is 24.7 Å². The average Bonchev–Trinajstić information content (AvgIpc) is 2.94. The molecule has 1 saturated carbocycles. The van der Waals surface area contributed by atoms with Crippen LogP contribution in [0.15, 0.2) is 12.4 Å². The number of anilines is 1. The fourth-order valence-corrected chi connectivity index (χ4v) is 3.26. The van der Waals surface area contributed by atoms with Gasteiger partial charge in [-0.15, -0.1) is 0 Å². The lowest BCUT2D eigenvalue weighted by Gasteiger charge is -2.27. The van der Waals surface area contributed by atoms with Crippen LogP contribution in [-0.2, 0) is 4.74 Å². The van der Waals surface area contributed by atoms with Gasteiger partial charge in [0.1, 0.15) is 0 Å². The first-order chi connectivity index (χ1) is 9.15. The number of ether oxygens (including phenoxy) is 1. The number of hydrogen-bond donors (Lipinski definition) is 0. The minimum atomic E-state index is 0.382. The number of aromatic nitrogens is 2. The Morgan fingerprint density at radius 2 is 2.05 bits per heavy atom. The van der Waals surface area contributed by atoms with E-state index in [0.29, 0.717) is 24.0 Å². The van der Waals surface area contributed by atoms with Gasteiger partial charge in [0.15, 0.2) is 0 Å². The minimum absolute atomic E-state index is 0.382. The maximum atomic E-state index is 6.13. The molecule has 1 aromatic rings. The van der Waals surface area contributed by atoms with Crippen molar-refractivity contribution in [1.29, 1.82) is 0 Å². The molecule has 19 heavy (non-hydrogen) atoms. The van der Waals surface area contributed by atoms with Gasteiger partial charge in [-0.1, -0.05) is 13.8 Å². The highest BCUT2D eigenvalue weighted by atomic mass is 16.5. The van der Waals surface area contributed by atoms with Crippen LogP contribution in [0.3, 0.4) is 0 Å². The van der Waals surface area contributed by atoms with E-state index in [4.69, 9.17) is 4.74 Å². The highest BCUT2D eigenvalue weighted by Gasteiger charge is 2.48. The van der Waals surface area contributed by atoms with Crippen LogP contribution < -0.4 is 4.90 Å². The van der Waals surface area contributed by atoms with Crippen molar-refractivity contribution in [3.8, 4) is 0 Å². The van der Waals surface area contributed by atoms with Crippen LogP contribution in [0.25, 0.3) is 0 Å². The van der Waals surface area contributed by atoms with Gasteiger partial charge in [0.25, 0.3) is 0 Å². The molecule has 1 aliphatic heterocycles. The predicted octanol–water partition coefficient (Wildman–Crippen LogP) is 2.42. The lowest BCUT2D eigenvalue weighted by molar-refractivity contribution is 0.0230. The molecule has 2 fully saturated rings. The summed E-state index contributed by atoms with van der Waals surface area (Å²) in [6.45, 7) is 8.35. The summed E-state index contributed by atoms with van der Waals surface area (Å²) in [6.07, 6.45) is 6.68. The van der Waals surface area contributed by atoms with Crippen molar-refractivity contribution in [3.05, 3.63) is 18.0 Å². The maximum absolute atomic E-state index is 6.13. The number of nitrogens with zero attached hydrogens (tertiary/aromatic N) is 3. The molecule has 0 N–H and O–H groups in total. The summed E-state index contributed by atoms with van der Waals surface area (Å²) in [5, 5.41) is 0. The van der Waals surface area contributed by atoms with Gasteiger partial charge >= 0.3 is 0 Å². The Morgan fingerprint density at radius 1 is 1.32 bits per heavy atom. The van der Waals surface area contributed by atoms with Gasteiger partial charge in [0.2, 0.25) is 5.95 Å². The first-order valence-corrected chi connectivity index (χ1v) is 7.32. The fourth-order valence-electron chi connectivity index (χ4n) is 3.26. The van der Waals surface area contributed by atoms with E-state index in [1.54, 1.807) is 0 Å². The Kier molecular flexibility index (Phi) is 3.44. The topological polar surface area (TPSA) is 38.2 Å². The maximum Gasteiger partial charge on any atom is 0.225 e. The smallest absolute Gasteiger partial charge is 0.225 e. The number of piperidine rings is 1. The number of rotatable bonds is 4. The van der Waals surface area contributed by atoms with Gasteiger partial charge in [-0.05, 0) is 31.2 Å². The van der Waals surface area contributed by atoms with E-state index in [2.05, 4.69) is 28.7 Å². The second-order valence-corrected chi connectivity index (χ2v) is 6.31. The van der Waals surface area contributed by atoms with E-state index in [1.807, 2.05) is 19.3 Å². The standard InChI is InChI=1S/C15H23N3O/c1-10(2)9-19-14-12-4-5-13(14)18(8-12)15-16-6-11(3)7-17-15/h6-7,10,12-14H,4-5,8-9H2,1-3H3/t12-,13+,14+/m1/s1. The Bertz CT molecular complexity index is 432. The molecule has 2 aliphatic rings. The summed E-state index contributed by atoms with van der Waals surface area (Å²) in [4.78, 5) is 11.3. The molecule has 3 rings (SSSR count).